The quantitative estimate of drug-likeness (QED) is 0.636. The summed E-state index contributed by atoms with van der Waals surface area (Å²) in [6.45, 7) is 6.98. The second kappa shape index (κ2) is 6.72. The van der Waals surface area contributed by atoms with Crippen LogP contribution in [0.25, 0.3) is 0 Å². The fourth-order valence-corrected chi connectivity index (χ4v) is 3.70. The number of aromatic nitrogens is 2. The zero-order chi connectivity index (χ0) is 14.7. The minimum absolute atomic E-state index is 0.0730. The zero-order valence-electron chi connectivity index (χ0n) is 12.1. The lowest BCUT2D eigenvalue weighted by atomic mass is 10.0. The van der Waals surface area contributed by atoms with Crippen LogP contribution in [0.2, 0.25) is 5.02 Å². The van der Waals surface area contributed by atoms with Crippen molar-refractivity contribution in [3.05, 3.63) is 38.3 Å². The molecule has 20 heavy (non-hydrogen) atoms. The van der Waals surface area contributed by atoms with E-state index in [2.05, 4.69) is 35.8 Å². The first-order valence-electron chi connectivity index (χ1n) is 6.86. The Bertz CT molecular complexity index is 576. The van der Waals surface area contributed by atoms with Gasteiger partial charge in [-0.2, -0.15) is 5.10 Å². The molecule has 110 valence electrons. The van der Waals surface area contributed by atoms with Crippen LogP contribution in [0.3, 0.4) is 0 Å². The molecule has 3 N–H and O–H groups in total. The van der Waals surface area contributed by atoms with Crippen molar-refractivity contribution < 1.29 is 0 Å². The van der Waals surface area contributed by atoms with E-state index in [1.807, 2.05) is 11.6 Å². The van der Waals surface area contributed by atoms with Gasteiger partial charge in [0.15, 0.2) is 0 Å². The molecule has 0 spiro atoms. The largest absolute Gasteiger partial charge is 0.271 e. The lowest BCUT2D eigenvalue weighted by molar-refractivity contribution is 0.520. The second-order valence-corrected chi connectivity index (χ2v) is 6.07. The fourth-order valence-electron chi connectivity index (χ4n) is 2.43. The van der Waals surface area contributed by atoms with Gasteiger partial charge in [0.1, 0.15) is 0 Å². The monoisotopic (exact) mass is 312 g/mol. The van der Waals surface area contributed by atoms with E-state index in [-0.39, 0.29) is 6.04 Å². The van der Waals surface area contributed by atoms with Crippen molar-refractivity contribution in [2.45, 2.75) is 46.2 Å². The molecule has 0 aromatic carbocycles. The fraction of sp³-hybridized carbons (Fsp3) is 0.500. The van der Waals surface area contributed by atoms with E-state index in [1.165, 1.54) is 10.4 Å². The van der Waals surface area contributed by atoms with Crippen LogP contribution in [-0.2, 0) is 19.4 Å². The standard InChI is InChI=1S/C14H21ClN4S/c1-4-10-6-7-20-14(10)11(17-16)8-12-13(15)9(3)18-19(12)5-2/h6-7,11,17H,4-5,8,16H2,1-3H3. The van der Waals surface area contributed by atoms with E-state index >= 15 is 0 Å². The molecule has 2 aromatic rings. The van der Waals surface area contributed by atoms with Gasteiger partial charge >= 0.3 is 0 Å². The number of aryl methyl sites for hydroxylation is 3. The Balaban J connectivity index is 2.31. The summed E-state index contributed by atoms with van der Waals surface area (Å²) in [6, 6.07) is 2.23. The number of rotatable bonds is 6. The Morgan fingerprint density at radius 1 is 1.50 bits per heavy atom. The Labute approximate surface area is 128 Å². The molecule has 0 amide bonds. The van der Waals surface area contributed by atoms with Crippen LogP contribution in [0.5, 0.6) is 0 Å². The second-order valence-electron chi connectivity index (χ2n) is 4.75. The van der Waals surface area contributed by atoms with Crippen molar-refractivity contribution in [3.63, 3.8) is 0 Å². The molecule has 2 heterocycles. The molecule has 0 aliphatic rings. The molecule has 0 bridgehead atoms. The average Bonchev–Trinajstić information content (AvgIpc) is 3.03. The zero-order valence-corrected chi connectivity index (χ0v) is 13.7. The van der Waals surface area contributed by atoms with Gasteiger partial charge in [-0.1, -0.05) is 18.5 Å². The minimum atomic E-state index is 0.0730. The number of nitrogens with two attached hydrogens (primary N) is 1. The number of hydrogen-bond donors (Lipinski definition) is 2. The average molecular weight is 313 g/mol. The molecular weight excluding hydrogens is 292 g/mol. The molecule has 0 fully saturated rings. The van der Waals surface area contributed by atoms with Gasteiger partial charge in [0, 0.05) is 17.8 Å². The lowest BCUT2D eigenvalue weighted by Gasteiger charge is -2.17. The third-order valence-electron chi connectivity index (χ3n) is 3.53. The first kappa shape index (κ1) is 15.5. The van der Waals surface area contributed by atoms with Crippen molar-refractivity contribution in [1.82, 2.24) is 15.2 Å². The topological polar surface area (TPSA) is 55.9 Å². The van der Waals surface area contributed by atoms with Gasteiger partial charge in [0.25, 0.3) is 0 Å². The molecular formula is C14H21ClN4S. The van der Waals surface area contributed by atoms with E-state index in [0.717, 1.165) is 35.8 Å². The first-order valence-corrected chi connectivity index (χ1v) is 8.12. The predicted octanol–water partition coefficient (Wildman–Crippen LogP) is 3.24. The predicted molar refractivity (Wildman–Crippen MR) is 85.1 cm³/mol. The number of nitrogens with one attached hydrogen (secondary N) is 1. The normalized spacial score (nSPS) is 12.8. The summed E-state index contributed by atoms with van der Waals surface area (Å²) < 4.78 is 1.96. The van der Waals surface area contributed by atoms with Crippen molar-refractivity contribution >= 4 is 22.9 Å². The number of hydrogen-bond acceptors (Lipinski definition) is 4. The van der Waals surface area contributed by atoms with Crippen molar-refractivity contribution in [2.24, 2.45) is 5.84 Å². The maximum absolute atomic E-state index is 6.38. The molecule has 0 saturated carbocycles. The summed E-state index contributed by atoms with van der Waals surface area (Å²) in [5.41, 5.74) is 6.19. The van der Waals surface area contributed by atoms with Gasteiger partial charge in [-0.05, 0) is 37.3 Å². The van der Waals surface area contributed by atoms with Crippen LogP contribution >= 0.6 is 22.9 Å². The summed E-state index contributed by atoms with van der Waals surface area (Å²) in [6.07, 6.45) is 1.76. The van der Waals surface area contributed by atoms with E-state index < -0.39 is 0 Å². The van der Waals surface area contributed by atoms with Gasteiger partial charge in [-0.3, -0.25) is 16.0 Å². The van der Waals surface area contributed by atoms with Crippen LogP contribution in [-0.4, -0.2) is 9.78 Å². The van der Waals surface area contributed by atoms with Crippen LogP contribution in [0.1, 0.15) is 41.7 Å². The Morgan fingerprint density at radius 3 is 2.85 bits per heavy atom. The Kier molecular flexibility index (Phi) is 5.21. The molecule has 0 saturated heterocycles. The molecule has 2 rings (SSSR count). The van der Waals surface area contributed by atoms with Gasteiger partial charge in [-0.15, -0.1) is 11.3 Å². The maximum Gasteiger partial charge on any atom is 0.0847 e. The van der Waals surface area contributed by atoms with Gasteiger partial charge < -0.3 is 0 Å². The Hall–Kier alpha value is -0.880. The highest BCUT2D eigenvalue weighted by atomic mass is 35.5. The summed E-state index contributed by atoms with van der Waals surface area (Å²) in [4.78, 5) is 1.28. The van der Waals surface area contributed by atoms with E-state index in [0.29, 0.717) is 0 Å². The summed E-state index contributed by atoms with van der Waals surface area (Å²) in [5, 5.41) is 7.32. The molecule has 4 nitrogen and oxygen atoms in total. The smallest absolute Gasteiger partial charge is 0.0847 e. The number of nitrogens with zero attached hydrogens (tertiary/aromatic N) is 2. The highest BCUT2D eigenvalue weighted by Crippen LogP contribution is 2.30. The first-order chi connectivity index (χ1) is 9.62. The van der Waals surface area contributed by atoms with Crippen LogP contribution < -0.4 is 11.3 Å². The molecule has 0 aliphatic heterocycles. The Morgan fingerprint density at radius 2 is 2.25 bits per heavy atom. The minimum Gasteiger partial charge on any atom is -0.271 e. The summed E-state index contributed by atoms with van der Waals surface area (Å²) in [7, 11) is 0. The molecule has 1 unspecified atom stereocenters. The SMILES string of the molecule is CCc1ccsc1C(Cc1c(Cl)c(C)nn1CC)NN. The van der Waals surface area contributed by atoms with Crippen molar-refractivity contribution in [2.75, 3.05) is 0 Å². The third kappa shape index (κ3) is 2.91. The molecule has 1 atom stereocenters. The van der Waals surface area contributed by atoms with Crippen LogP contribution in [0.15, 0.2) is 11.4 Å². The van der Waals surface area contributed by atoms with Gasteiger partial charge in [0.2, 0.25) is 0 Å². The molecule has 0 radical (unpaired) electrons. The summed E-state index contributed by atoms with van der Waals surface area (Å²) >= 11 is 8.12. The van der Waals surface area contributed by atoms with Crippen molar-refractivity contribution in [1.29, 1.82) is 0 Å². The van der Waals surface area contributed by atoms with E-state index in [1.54, 1.807) is 11.3 Å². The number of thiophene rings is 1. The third-order valence-corrected chi connectivity index (χ3v) is 5.09. The molecule has 2 aromatic heterocycles. The molecule has 0 aliphatic carbocycles. The van der Waals surface area contributed by atoms with Crippen molar-refractivity contribution in [3.8, 4) is 0 Å². The lowest BCUT2D eigenvalue weighted by Crippen LogP contribution is -2.30. The van der Waals surface area contributed by atoms with Crippen LogP contribution in [0.4, 0.5) is 0 Å². The van der Waals surface area contributed by atoms with E-state index in [9.17, 15) is 0 Å². The van der Waals surface area contributed by atoms with E-state index in [4.69, 9.17) is 17.4 Å². The van der Waals surface area contributed by atoms with Gasteiger partial charge in [-0.25, -0.2) is 0 Å². The molecule has 6 heteroatoms. The van der Waals surface area contributed by atoms with Crippen LogP contribution in [0, 0.1) is 6.92 Å². The van der Waals surface area contributed by atoms with Gasteiger partial charge in [0.05, 0.1) is 22.5 Å². The number of hydrazine groups is 1. The number of halogens is 1. The summed E-state index contributed by atoms with van der Waals surface area (Å²) in [5.74, 6) is 5.77. The highest BCUT2D eigenvalue weighted by Gasteiger charge is 2.21. The maximum atomic E-state index is 6.38. The highest BCUT2D eigenvalue weighted by molar-refractivity contribution is 7.10.